The second-order valence-electron chi connectivity index (χ2n) is 4.92. The second kappa shape index (κ2) is 7.27. The van der Waals surface area contributed by atoms with Crippen LogP contribution in [0.1, 0.15) is 46.0 Å². The van der Waals surface area contributed by atoms with Crippen LogP contribution < -0.4 is 5.32 Å². The molecule has 0 heterocycles. The largest absolute Gasteiger partial charge is 0.465 e. The number of thioether (sulfide) groups is 1. The van der Waals surface area contributed by atoms with Crippen LogP contribution in [0.15, 0.2) is 0 Å². The first-order chi connectivity index (χ1) is 8.12. The summed E-state index contributed by atoms with van der Waals surface area (Å²) in [5.41, 5.74) is -0.477. The van der Waals surface area contributed by atoms with E-state index in [1.165, 1.54) is 25.0 Å². The van der Waals surface area contributed by atoms with E-state index in [2.05, 4.69) is 11.6 Å². The fraction of sp³-hybridized carbons (Fsp3) is 0.923. The number of esters is 1. The summed E-state index contributed by atoms with van der Waals surface area (Å²) >= 11 is 1.86. The molecule has 1 atom stereocenters. The van der Waals surface area contributed by atoms with Crippen LogP contribution in [0.2, 0.25) is 0 Å². The molecular formula is C13H25NO2S. The summed E-state index contributed by atoms with van der Waals surface area (Å²) in [6, 6.07) is 0.532. The molecule has 0 aromatic carbocycles. The van der Waals surface area contributed by atoms with E-state index in [0.29, 0.717) is 12.6 Å². The van der Waals surface area contributed by atoms with Crippen molar-refractivity contribution in [3.63, 3.8) is 0 Å². The SMILES string of the molecule is CCOC(=O)C(C)(CCCCSC)NC1CC1. The monoisotopic (exact) mass is 259 g/mol. The van der Waals surface area contributed by atoms with E-state index in [1.807, 2.05) is 25.6 Å². The highest BCUT2D eigenvalue weighted by atomic mass is 32.2. The van der Waals surface area contributed by atoms with Crippen molar-refractivity contribution in [2.24, 2.45) is 0 Å². The summed E-state index contributed by atoms with van der Waals surface area (Å²) in [6.45, 7) is 4.32. The molecule has 4 heteroatoms. The van der Waals surface area contributed by atoms with Gasteiger partial charge in [0.25, 0.3) is 0 Å². The van der Waals surface area contributed by atoms with Gasteiger partial charge >= 0.3 is 5.97 Å². The highest BCUT2D eigenvalue weighted by Crippen LogP contribution is 2.26. The zero-order valence-corrected chi connectivity index (χ0v) is 12.1. The Kier molecular flexibility index (Phi) is 6.34. The number of rotatable bonds is 9. The van der Waals surface area contributed by atoms with Crippen molar-refractivity contribution in [2.45, 2.75) is 57.5 Å². The molecule has 0 aromatic rings. The third kappa shape index (κ3) is 5.30. The zero-order chi connectivity index (χ0) is 12.7. The van der Waals surface area contributed by atoms with E-state index in [1.54, 1.807) is 0 Å². The molecule has 100 valence electrons. The normalized spacial score (nSPS) is 18.8. The third-order valence-corrected chi connectivity index (χ3v) is 3.80. The molecule has 1 aliphatic carbocycles. The van der Waals surface area contributed by atoms with E-state index < -0.39 is 5.54 Å². The molecule has 1 N–H and O–H groups in total. The minimum absolute atomic E-state index is 0.0870. The lowest BCUT2D eigenvalue weighted by Crippen LogP contribution is -2.51. The fourth-order valence-electron chi connectivity index (χ4n) is 1.93. The summed E-state index contributed by atoms with van der Waals surface area (Å²) < 4.78 is 5.19. The molecule has 0 aliphatic heterocycles. The highest BCUT2D eigenvalue weighted by Gasteiger charge is 2.38. The molecule has 1 fully saturated rings. The van der Waals surface area contributed by atoms with Crippen LogP contribution in [0.4, 0.5) is 0 Å². The summed E-state index contributed by atoms with van der Waals surface area (Å²) in [7, 11) is 0. The van der Waals surface area contributed by atoms with Gasteiger partial charge in [-0.2, -0.15) is 11.8 Å². The van der Waals surface area contributed by atoms with Gasteiger partial charge in [-0.1, -0.05) is 6.42 Å². The number of unbranched alkanes of at least 4 members (excludes halogenated alkanes) is 1. The van der Waals surface area contributed by atoms with E-state index >= 15 is 0 Å². The van der Waals surface area contributed by atoms with Crippen LogP contribution in [0.5, 0.6) is 0 Å². The van der Waals surface area contributed by atoms with E-state index in [-0.39, 0.29) is 5.97 Å². The second-order valence-corrected chi connectivity index (χ2v) is 5.91. The minimum atomic E-state index is -0.477. The molecule has 17 heavy (non-hydrogen) atoms. The van der Waals surface area contributed by atoms with Crippen molar-refractivity contribution in [1.29, 1.82) is 0 Å². The zero-order valence-electron chi connectivity index (χ0n) is 11.3. The van der Waals surface area contributed by atoms with Crippen molar-refractivity contribution in [2.75, 3.05) is 18.6 Å². The number of hydrogen-bond donors (Lipinski definition) is 1. The molecule has 0 amide bonds. The van der Waals surface area contributed by atoms with E-state index in [9.17, 15) is 4.79 Å². The van der Waals surface area contributed by atoms with E-state index in [4.69, 9.17) is 4.74 Å². The van der Waals surface area contributed by atoms with Crippen molar-refractivity contribution < 1.29 is 9.53 Å². The van der Waals surface area contributed by atoms with Crippen molar-refractivity contribution in [3.8, 4) is 0 Å². The van der Waals surface area contributed by atoms with E-state index in [0.717, 1.165) is 12.8 Å². The molecule has 0 saturated heterocycles. The van der Waals surface area contributed by atoms with Gasteiger partial charge in [-0.15, -0.1) is 0 Å². The fourth-order valence-corrected chi connectivity index (χ4v) is 2.42. The molecule has 1 aliphatic rings. The maximum absolute atomic E-state index is 12.0. The summed E-state index contributed by atoms with van der Waals surface area (Å²) in [4.78, 5) is 12.0. The maximum Gasteiger partial charge on any atom is 0.326 e. The first-order valence-corrected chi connectivity index (χ1v) is 7.95. The van der Waals surface area contributed by atoms with Gasteiger partial charge in [0.05, 0.1) is 6.61 Å². The molecule has 0 spiro atoms. The van der Waals surface area contributed by atoms with Crippen LogP contribution >= 0.6 is 11.8 Å². The number of ether oxygens (including phenoxy) is 1. The number of nitrogens with one attached hydrogen (secondary N) is 1. The molecule has 1 saturated carbocycles. The van der Waals surface area contributed by atoms with Crippen molar-refractivity contribution >= 4 is 17.7 Å². The van der Waals surface area contributed by atoms with Gasteiger partial charge in [-0.3, -0.25) is 10.1 Å². The average Bonchev–Trinajstić information content (AvgIpc) is 3.08. The highest BCUT2D eigenvalue weighted by molar-refractivity contribution is 7.98. The Morgan fingerprint density at radius 2 is 2.18 bits per heavy atom. The smallest absolute Gasteiger partial charge is 0.326 e. The maximum atomic E-state index is 12.0. The lowest BCUT2D eigenvalue weighted by Gasteiger charge is -2.28. The molecule has 1 unspecified atom stereocenters. The van der Waals surface area contributed by atoms with Crippen LogP contribution in [0.3, 0.4) is 0 Å². The summed E-state index contributed by atoms with van der Waals surface area (Å²) in [5.74, 6) is 1.08. The number of carbonyl (C=O) groups is 1. The summed E-state index contributed by atoms with van der Waals surface area (Å²) in [5, 5.41) is 3.45. The Bertz CT molecular complexity index is 244. The molecular weight excluding hydrogens is 234 g/mol. The molecule has 1 rings (SSSR count). The topological polar surface area (TPSA) is 38.3 Å². The molecule has 0 aromatic heterocycles. The van der Waals surface area contributed by atoms with Gasteiger partial charge in [0.15, 0.2) is 0 Å². The number of hydrogen-bond acceptors (Lipinski definition) is 4. The van der Waals surface area contributed by atoms with Crippen LogP contribution in [0.25, 0.3) is 0 Å². The first-order valence-electron chi connectivity index (χ1n) is 6.56. The average molecular weight is 259 g/mol. The Labute approximate surface area is 109 Å². The van der Waals surface area contributed by atoms with Gasteiger partial charge in [0.2, 0.25) is 0 Å². The Balaban J connectivity index is 2.41. The Morgan fingerprint density at radius 1 is 1.47 bits per heavy atom. The van der Waals surface area contributed by atoms with Gasteiger partial charge in [0.1, 0.15) is 5.54 Å². The Hall–Kier alpha value is -0.220. The molecule has 3 nitrogen and oxygen atoms in total. The molecule has 0 radical (unpaired) electrons. The molecule has 0 bridgehead atoms. The number of carbonyl (C=O) groups excluding carboxylic acids is 1. The van der Waals surface area contributed by atoms with Crippen molar-refractivity contribution in [1.82, 2.24) is 5.32 Å². The summed E-state index contributed by atoms with van der Waals surface area (Å²) in [6.07, 6.45) is 7.63. The predicted octanol–water partition coefficient (Wildman–Crippen LogP) is 2.59. The van der Waals surface area contributed by atoms with Crippen LogP contribution in [0, 0.1) is 0 Å². The van der Waals surface area contributed by atoms with Crippen LogP contribution in [-0.4, -0.2) is 36.2 Å². The van der Waals surface area contributed by atoms with Gasteiger partial charge in [-0.05, 0) is 51.5 Å². The predicted molar refractivity (Wildman–Crippen MR) is 73.4 cm³/mol. The van der Waals surface area contributed by atoms with Crippen molar-refractivity contribution in [3.05, 3.63) is 0 Å². The first kappa shape index (κ1) is 14.8. The lowest BCUT2D eigenvalue weighted by atomic mass is 9.94. The third-order valence-electron chi connectivity index (χ3n) is 3.10. The lowest BCUT2D eigenvalue weighted by molar-refractivity contribution is -0.151. The quantitative estimate of drug-likeness (QED) is 0.510. The van der Waals surface area contributed by atoms with Gasteiger partial charge in [-0.25, -0.2) is 0 Å². The van der Waals surface area contributed by atoms with Gasteiger partial charge in [0, 0.05) is 6.04 Å². The van der Waals surface area contributed by atoms with Gasteiger partial charge < -0.3 is 4.74 Å². The van der Waals surface area contributed by atoms with Crippen LogP contribution in [-0.2, 0) is 9.53 Å². The Morgan fingerprint density at radius 3 is 2.71 bits per heavy atom. The standard InChI is InChI=1S/C13H25NO2S/c1-4-16-12(15)13(2,14-11-7-8-11)9-5-6-10-17-3/h11,14H,4-10H2,1-3H3. The minimum Gasteiger partial charge on any atom is -0.465 e.